The maximum Gasteiger partial charge on any atom is 0.249 e. The van der Waals surface area contributed by atoms with Gasteiger partial charge in [-0.15, -0.1) is 0 Å². The highest BCUT2D eigenvalue weighted by Gasteiger charge is 2.11. The number of nitrogens with zero attached hydrogens (tertiary/aromatic N) is 4. The molecule has 0 saturated heterocycles. The number of amides is 1. The highest BCUT2D eigenvalue weighted by Crippen LogP contribution is 2.26. The van der Waals surface area contributed by atoms with Crippen LogP contribution in [0, 0.1) is 11.3 Å². The van der Waals surface area contributed by atoms with Crippen molar-refractivity contribution in [2.75, 3.05) is 26.0 Å². The summed E-state index contributed by atoms with van der Waals surface area (Å²) in [6.45, 7) is 4.95. The van der Waals surface area contributed by atoms with E-state index in [-0.39, 0.29) is 11.7 Å². The second kappa shape index (κ2) is 9.60. The molecule has 0 bridgehead atoms. The lowest BCUT2D eigenvalue weighted by atomic mass is 9.97. The summed E-state index contributed by atoms with van der Waals surface area (Å²) in [5, 5.41) is 12.1. The number of pyridine rings is 2. The predicted molar refractivity (Wildman–Crippen MR) is 107 cm³/mol. The first-order valence-electron chi connectivity index (χ1n) is 8.92. The van der Waals surface area contributed by atoms with Crippen LogP contribution in [-0.2, 0) is 4.79 Å². The van der Waals surface area contributed by atoms with Gasteiger partial charge in [-0.2, -0.15) is 5.26 Å². The van der Waals surface area contributed by atoms with Crippen molar-refractivity contribution in [1.82, 2.24) is 14.9 Å². The Kier molecular flexibility index (Phi) is 7.21. The van der Waals surface area contributed by atoms with Crippen molar-refractivity contribution in [2.24, 2.45) is 0 Å². The number of hydrogen-bond acceptors (Lipinski definition) is 5. The number of aromatic nitrogens is 2. The van der Waals surface area contributed by atoms with Gasteiger partial charge in [-0.3, -0.25) is 9.78 Å². The van der Waals surface area contributed by atoms with E-state index in [1.54, 1.807) is 24.5 Å². The highest BCUT2D eigenvalue weighted by molar-refractivity contribution is 5.99. The Hall–Kier alpha value is -3.04. The van der Waals surface area contributed by atoms with Crippen molar-refractivity contribution in [3.05, 3.63) is 54.0 Å². The van der Waals surface area contributed by atoms with Gasteiger partial charge in [-0.1, -0.05) is 19.9 Å². The van der Waals surface area contributed by atoms with Gasteiger partial charge in [0.25, 0.3) is 0 Å². The average Bonchev–Trinajstić information content (AvgIpc) is 2.67. The van der Waals surface area contributed by atoms with Gasteiger partial charge in [0.15, 0.2) is 5.82 Å². The first kappa shape index (κ1) is 20.3. The maximum absolute atomic E-state index is 12.0. The van der Waals surface area contributed by atoms with Gasteiger partial charge in [-0.25, -0.2) is 4.98 Å². The summed E-state index contributed by atoms with van der Waals surface area (Å²) < 4.78 is 0. The van der Waals surface area contributed by atoms with E-state index in [1.807, 2.05) is 25.2 Å². The zero-order valence-corrected chi connectivity index (χ0v) is 16.2. The number of rotatable bonds is 7. The van der Waals surface area contributed by atoms with Gasteiger partial charge in [-0.05, 0) is 44.1 Å². The van der Waals surface area contributed by atoms with E-state index in [0.717, 1.165) is 23.1 Å². The fraction of sp³-hybridized carbons (Fsp3) is 0.333. The first-order chi connectivity index (χ1) is 12.9. The van der Waals surface area contributed by atoms with Crippen LogP contribution < -0.4 is 5.32 Å². The van der Waals surface area contributed by atoms with Gasteiger partial charge in [0.2, 0.25) is 5.91 Å². The summed E-state index contributed by atoms with van der Waals surface area (Å²) in [6.07, 6.45) is 9.49. The van der Waals surface area contributed by atoms with E-state index >= 15 is 0 Å². The Labute approximate surface area is 160 Å². The molecule has 0 aromatic carbocycles. The molecule has 2 aromatic rings. The molecule has 6 heteroatoms. The summed E-state index contributed by atoms with van der Waals surface area (Å²) in [5.41, 5.74) is 3.17. The molecule has 0 fully saturated rings. The predicted octanol–water partition coefficient (Wildman–Crippen LogP) is 3.59. The molecule has 1 unspecified atom stereocenters. The summed E-state index contributed by atoms with van der Waals surface area (Å²) in [6, 6.07) is 5.90. The van der Waals surface area contributed by atoms with E-state index in [2.05, 4.69) is 41.3 Å². The number of carbonyl (C=O) groups is 1. The van der Waals surface area contributed by atoms with Gasteiger partial charge in [0.1, 0.15) is 6.07 Å². The maximum atomic E-state index is 12.0. The van der Waals surface area contributed by atoms with E-state index in [1.165, 1.54) is 6.08 Å². The van der Waals surface area contributed by atoms with Crippen LogP contribution in [0.2, 0.25) is 0 Å². The van der Waals surface area contributed by atoms with Crippen LogP contribution in [0.5, 0.6) is 0 Å². The first-order valence-corrected chi connectivity index (χ1v) is 8.92. The van der Waals surface area contributed by atoms with Crippen molar-refractivity contribution >= 4 is 11.7 Å². The molecular weight excluding hydrogens is 338 g/mol. The molecule has 1 atom stereocenters. The lowest BCUT2D eigenvalue weighted by Gasteiger charge is -2.11. The van der Waals surface area contributed by atoms with Gasteiger partial charge < -0.3 is 10.2 Å². The molecule has 0 aliphatic heterocycles. The fourth-order valence-electron chi connectivity index (χ4n) is 2.46. The molecule has 27 heavy (non-hydrogen) atoms. The van der Waals surface area contributed by atoms with E-state index in [4.69, 9.17) is 0 Å². The minimum atomic E-state index is -0.311. The van der Waals surface area contributed by atoms with Crippen molar-refractivity contribution < 1.29 is 4.79 Å². The monoisotopic (exact) mass is 363 g/mol. The van der Waals surface area contributed by atoms with E-state index in [9.17, 15) is 10.1 Å². The third-order valence-electron chi connectivity index (χ3n) is 4.26. The summed E-state index contributed by atoms with van der Waals surface area (Å²) >= 11 is 0. The van der Waals surface area contributed by atoms with Crippen LogP contribution in [0.4, 0.5) is 5.82 Å². The van der Waals surface area contributed by atoms with Crippen molar-refractivity contribution in [2.45, 2.75) is 26.2 Å². The van der Waals surface area contributed by atoms with Crippen LogP contribution in [0.3, 0.4) is 0 Å². The largest absolute Gasteiger partial charge is 0.306 e. The zero-order valence-electron chi connectivity index (χ0n) is 16.2. The van der Waals surface area contributed by atoms with E-state index < -0.39 is 0 Å². The molecule has 1 amide bonds. The van der Waals surface area contributed by atoms with Crippen LogP contribution in [0.25, 0.3) is 11.1 Å². The van der Waals surface area contributed by atoms with Crippen LogP contribution in [0.1, 0.15) is 37.3 Å². The molecular formula is C21H25N5O. The fourth-order valence-corrected chi connectivity index (χ4v) is 2.46. The molecule has 2 heterocycles. The molecule has 0 radical (unpaired) electrons. The zero-order chi connectivity index (χ0) is 19.8. The normalized spacial score (nSPS) is 12.1. The van der Waals surface area contributed by atoms with Crippen LogP contribution >= 0.6 is 0 Å². The lowest BCUT2D eigenvalue weighted by Crippen LogP contribution is -2.14. The Morgan fingerprint density at radius 3 is 2.70 bits per heavy atom. The second-order valence-corrected chi connectivity index (χ2v) is 6.70. The Balaban J connectivity index is 2.23. The number of carbonyl (C=O) groups excluding carboxylic acids is 1. The molecule has 1 N–H and O–H groups in total. The molecule has 0 saturated carbocycles. The number of nitriles is 1. The summed E-state index contributed by atoms with van der Waals surface area (Å²) in [4.78, 5) is 22.5. The van der Waals surface area contributed by atoms with Gasteiger partial charge >= 0.3 is 0 Å². The Morgan fingerprint density at radius 1 is 1.30 bits per heavy atom. The molecule has 6 nitrogen and oxygen atoms in total. The lowest BCUT2D eigenvalue weighted by molar-refractivity contribution is -0.111. The standard InChI is InChI=1S/C21H25N5O/c1-5-15(2)17-10-18(13-23-12-17)19-9-16(11-22)21(24-14-19)25-20(27)7-6-8-26(3)4/h6-7,9-10,12-15H,5,8H2,1-4H3,(H,24,25,27)/b7-6+. The minimum Gasteiger partial charge on any atom is -0.306 e. The number of likely N-dealkylation sites (N-methyl/N-ethyl adjacent to an activating group) is 1. The molecule has 0 spiro atoms. The highest BCUT2D eigenvalue weighted by atomic mass is 16.1. The van der Waals surface area contributed by atoms with E-state index in [0.29, 0.717) is 18.0 Å². The molecule has 0 aliphatic rings. The second-order valence-electron chi connectivity index (χ2n) is 6.70. The number of nitrogens with one attached hydrogen (secondary N) is 1. The Morgan fingerprint density at radius 2 is 2.04 bits per heavy atom. The van der Waals surface area contributed by atoms with Crippen molar-refractivity contribution in [3.8, 4) is 17.2 Å². The van der Waals surface area contributed by atoms with Crippen LogP contribution in [0.15, 0.2) is 42.9 Å². The van der Waals surface area contributed by atoms with Crippen LogP contribution in [-0.4, -0.2) is 41.4 Å². The number of hydrogen-bond donors (Lipinski definition) is 1. The minimum absolute atomic E-state index is 0.256. The summed E-state index contributed by atoms with van der Waals surface area (Å²) in [5.74, 6) is 0.356. The quantitative estimate of drug-likeness (QED) is 0.760. The SMILES string of the molecule is CCC(C)c1cncc(-c2cnc(NC(=O)/C=C/CN(C)C)c(C#N)c2)c1. The van der Waals surface area contributed by atoms with Crippen molar-refractivity contribution in [3.63, 3.8) is 0 Å². The molecule has 0 aliphatic carbocycles. The molecule has 140 valence electrons. The third kappa shape index (κ3) is 5.73. The average molecular weight is 363 g/mol. The molecule has 2 aromatic heterocycles. The van der Waals surface area contributed by atoms with Gasteiger partial charge in [0.05, 0.1) is 5.56 Å². The number of anilines is 1. The summed E-state index contributed by atoms with van der Waals surface area (Å²) in [7, 11) is 3.84. The Bertz CT molecular complexity index is 867. The third-order valence-corrected chi connectivity index (χ3v) is 4.26. The molecule has 2 rings (SSSR count). The van der Waals surface area contributed by atoms with Gasteiger partial charge in [0, 0.05) is 42.3 Å². The van der Waals surface area contributed by atoms with Crippen molar-refractivity contribution in [1.29, 1.82) is 5.26 Å². The smallest absolute Gasteiger partial charge is 0.249 e. The topological polar surface area (TPSA) is 81.9 Å².